The summed E-state index contributed by atoms with van der Waals surface area (Å²) in [6, 6.07) is 9.76. The molecular formula is C21H23N5O2S. The average molecular weight is 410 g/mol. The van der Waals surface area contributed by atoms with Crippen LogP contribution in [0.2, 0.25) is 0 Å². The molecule has 0 bridgehead atoms. The van der Waals surface area contributed by atoms with Crippen LogP contribution in [-0.4, -0.2) is 38.6 Å². The summed E-state index contributed by atoms with van der Waals surface area (Å²) in [6.45, 7) is 8.38. The van der Waals surface area contributed by atoms with Gasteiger partial charge in [-0.15, -0.1) is 11.3 Å². The molecule has 1 aliphatic heterocycles. The van der Waals surface area contributed by atoms with Gasteiger partial charge in [0.05, 0.1) is 18.0 Å². The van der Waals surface area contributed by atoms with Gasteiger partial charge in [0.15, 0.2) is 5.13 Å². The van der Waals surface area contributed by atoms with E-state index < -0.39 is 0 Å². The number of aryl methyl sites for hydroxylation is 1. The number of para-hydroxylation sites is 1. The van der Waals surface area contributed by atoms with Crippen molar-refractivity contribution in [2.75, 3.05) is 11.9 Å². The first kappa shape index (κ1) is 19.3. The predicted octanol–water partition coefficient (Wildman–Crippen LogP) is 3.90. The summed E-state index contributed by atoms with van der Waals surface area (Å²) < 4.78 is 1.99. The molecule has 2 amide bonds. The molecule has 29 heavy (non-hydrogen) atoms. The van der Waals surface area contributed by atoms with E-state index in [0.717, 1.165) is 22.3 Å². The predicted molar refractivity (Wildman–Crippen MR) is 115 cm³/mol. The lowest BCUT2D eigenvalue weighted by Crippen LogP contribution is -2.35. The number of benzene rings is 1. The Hall–Kier alpha value is -3.00. The number of anilines is 1. The quantitative estimate of drug-likeness (QED) is 0.712. The maximum Gasteiger partial charge on any atom is 0.291 e. The van der Waals surface area contributed by atoms with Crippen LogP contribution in [0.15, 0.2) is 40.8 Å². The number of carbonyl (C=O) groups excluding carboxylic acids is 2. The maximum atomic E-state index is 13.3. The highest BCUT2D eigenvalue weighted by Crippen LogP contribution is 2.27. The topological polar surface area (TPSA) is 79.6 Å². The third kappa shape index (κ3) is 3.80. The van der Waals surface area contributed by atoms with E-state index in [0.29, 0.717) is 17.4 Å². The number of thiazole rings is 1. The Morgan fingerprint density at radius 3 is 2.72 bits per heavy atom. The summed E-state index contributed by atoms with van der Waals surface area (Å²) >= 11 is 1.35. The van der Waals surface area contributed by atoms with Crippen molar-refractivity contribution in [2.24, 2.45) is 10.5 Å². The van der Waals surface area contributed by atoms with Gasteiger partial charge in [-0.05, 0) is 19.1 Å². The van der Waals surface area contributed by atoms with Crippen molar-refractivity contribution in [3.8, 4) is 0 Å². The molecule has 1 N–H and O–H groups in total. The Morgan fingerprint density at radius 1 is 1.28 bits per heavy atom. The number of amides is 2. The molecule has 0 saturated heterocycles. The van der Waals surface area contributed by atoms with Crippen molar-refractivity contribution >= 4 is 44.9 Å². The molecular weight excluding hydrogens is 386 g/mol. The highest BCUT2D eigenvalue weighted by molar-refractivity contribution is 7.13. The van der Waals surface area contributed by atoms with Crippen molar-refractivity contribution in [3.05, 3.63) is 47.1 Å². The van der Waals surface area contributed by atoms with Gasteiger partial charge in [0.1, 0.15) is 12.2 Å². The molecule has 7 nitrogen and oxygen atoms in total. The standard InChI is InChI=1S/C21H23N5O2S/c1-13-12-29-20(22-13)23-18(27)11-26-19(28)16-9-14-7-5-6-8-15(14)25(16)10-17(24-26)21(2,3)4/h5-9,12H,10-11H2,1-4H3,(H,22,23,27). The third-order valence-corrected chi connectivity index (χ3v) is 5.71. The molecule has 0 unspecified atom stereocenters. The Labute approximate surface area is 173 Å². The molecule has 3 aromatic rings. The van der Waals surface area contributed by atoms with E-state index in [1.165, 1.54) is 16.3 Å². The second-order valence-corrected chi connectivity index (χ2v) is 9.03. The largest absolute Gasteiger partial charge is 0.331 e. The number of carbonyl (C=O) groups is 2. The zero-order valence-electron chi connectivity index (χ0n) is 16.9. The van der Waals surface area contributed by atoms with Crippen LogP contribution in [0, 0.1) is 12.3 Å². The molecule has 3 heterocycles. The van der Waals surface area contributed by atoms with Gasteiger partial charge in [0.25, 0.3) is 5.91 Å². The molecule has 1 aromatic carbocycles. The Kier molecular flexibility index (Phi) is 4.74. The minimum absolute atomic E-state index is 0.168. The van der Waals surface area contributed by atoms with E-state index >= 15 is 0 Å². The smallest absolute Gasteiger partial charge is 0.291 e. The zero-order chi connectivity index (χ0) is 20.8. The number of aromatic nitrogens is 2. The summed E-state index contributed by atoms with van der Waals surface area (Å²) in [5, 5.41) is 12.0. The van der Waals surface area contributed by atoms with E-state index in [4.69, 9.17) is 0 Å². The summed E-state index contributed by atoms with van der Waals surface area (Å²) in [5.41, 5.74) is 2.94. The number of hydrogen-bond donors (Lipinski definition) is 1. The summed E-state index contributed by atoms with van der Waals surface area (Å²) in [7, 11) is 0. The molecule has 150 valence electrons. The number of hydrogen-bond acceptors (Lipinski definition) is 5. The molecule has 4 rings (SSSR count). The minimum atomic E-state index is -0.325. The van der Waals surface area contributed by atoms with Crippen LogP contribution in [0.4, 0.5) is 5.13 Å². The van der Waals surface area contributed by atoms with Gasteiger partial charge in [0, 0.05) is 21.7 Å². The minimum Gasteiger partial charge on any atom is -0.331 e. The Morgan fingerprint density at radius 2 is 2.03 bits per heavy atom. The zero-order valence-corrected chi connectivity index (χ0v) is 17.7. The highest BCUT2D eigenvalue weighted by atomic mass is 32.1. The first-order valence-electron chi connectivity index (χ1n) is 9.42. The maximum absolute atomic E-state index is 13.3. The Bertz CT molecular complexity index is 1140. The lowest BCUT2D eigenvalue weighted by Gasteiger charge is -2.23. The van der Waals surface area contributed by atoms with E-state index in [9.17, 15) is 9.59 Å². The monoisotopic (exact) mass is 409 g/mol. The number of nitrogens with one attached hydrogen (secondary N) is 1. The lowest BCUT2D eigenvalue weighted by molar-refractivity contribution is -0.116. The van der Waals surface area contributed by atoms with Gasteiger partial charge < -0.3 is 9.88 Å². The lowest BCUT2D eigenvalue weighted by atomic mass is 9.90. The van der Waals surface area contributed by atoms with E-state index in [-0.39, 0.29) is 23.8 Å². The second kappa shape index (κ2) is 7.11. The van der Waals surface area contributed by atoms with Gasteiger partial charge in [-0.25, -0.2) is 9.99 Å². The van der Waals surface area contributed by atoms with E-state index in [1.807, 2.05) is 47.2 Å². The highest BCUT2D eigenvalue weighted by Gasteiger charge is 2.31. The number of rotatable bonds is 3. The number of nitrogens with zero attached hydrogens (tertiary/aromatic N) is 4. The van der Waals surface area contributed by atoms with Crippen LogP contribution in [0.5, 0.6) is 0 Å². The SMILES string of the molecule is Cc1csc(NC(=O)CN2N=C(C(C)(C)C)Cn3c(cc4ccccc43)C2=O)n1. The molecule has 1 aliphatic rings. The molecule has 0 radical (unpaired) electrons. The van der Waals surface area contributed by atoms with Gasteiger partial charge in [0.2, 0.25) is 5.91 Å². The second-order valence-electron chi connectivity index (χ2n) is 8.18. The summed E-state index contributed by atoms with van der Waals surface area (Å²) in [6.07, 6.45) is 0. The van der Waals surface area contributed by atoms with Crippen LogP contribution in [-0.2, 0) is 11.3 Å². The molecule has 0 spiro atoms. The van der Waals surface area contributed by atoms with Gasteiger partial charge in [-0.1, -0.05) is 39.0 Å². The van der Waals surface area contributed by atoms with Crippen LogP contribution in [0.3, 0.4) is 0 Å². The summed E-state index contributed by atoms with van der Waals surface area (Å²) in [5.74, 6) is -0.611. The fourth-order valence-corrected chi connectivity index (χ4v) is 3.97. The molecule has 2 aromatic heterocycles. The van der Waals surface area contributed by atoms with Crippen LogP contribution in [0.25, 0.3) is 10.9 Å². The number of fused-ring (bicyclic) bond motifs is 3. The van der Waals surface area contributed by atoms with Crippen LogP contribution < -0.4 is 5.32 Å². The average Bonchev–Trinajstić information content (AvgIpc) is 3.18. The first-order chi connectivity index (χ1) is 13.7. The van der Waals surface area contributed by atoms with Crippen molar-refractivity contribution in [3.63, 3.8) is 0 Å². The fraction of sp³-hybridized carbons (Fsp3) is 0.333. The molecule has 0 fully saturated rings. The van der Waals surface area contributed by atoms with Crippen molar-refractivity contribution in [1.82, 2.24) is 14.6 Å². The van der Waals surface area contributed by atoms with Crippen LogP contribution >= 0.6 is 11.3 Å². The third-order valence-electron chi connectivity index (χ3n) is 4.84. The van der Waals surface area contributed by atoms with Crippen LogP contribution in [0.1, 0.15) is 37.0 Å². The normalized spacial score (nSPS) is 14.6. The fourth-order valence-electron chi connectivity index (χ4n) is 3.26. The van der Waals surface area contributed by atoms with Crippen molar-refractivity contribution in [1.29, 1.82) is 0 Å². The molecule has 0 aliphatic carbocycles. The van der Waals surface area contributed by atoms with Gasteiger partial charge >= 0.3 is 0 Å². The van der Waals surface area contributed by atoms with E-state index in [2.05, 4.69) is 36.2 Å². The van der Waals surface area contributed by atoms with Crippen molar-refractivity contribution in [2.45, 2.75) is 34.2 Å². The number of hydrazone groups is 1. The van der Waals surface area contributed by atoms with E-state index in [1.54, 1.807) is 0 Å². The Balaban J connectivity index is 1.70. The molecule has 8 heteroatoms. The van der Waals surface area contributed by atoms with Gasteiger partial charge in [-0.2, -0.15) is 5.10 Å². The molecule has 0 atom stereocenters. The summed E-state index contributed by atoms with van der Waals surface area (Å²) in [4.78, 5) is 30.1. The molecule has 0 saturated carbocycles. The first-order valence-corrected chi connectivity index (χ1v) is 10.3. The van der Waals surface area contributed by atoms with Gasteiger partial charge in [-0.3, -0.25) is 9.59 Å². The van der Waals surface area contributed by atoms with Crippen molar-refractivity contribution < 1.29 is 9.59 Å².